The molecule has 0 bridgehead atoms. The van der Waals surface area contributed by atoms with Gasteiger partial charge >= 0.3 is 0 Å². The van der Waals surface area contributed by atoms with Crippen LogP contribution in [-0.2, 0) is 50.3 Å². The van der Waals surface area contributed by atoms with E-state index in [1.54, 1.807) is 7.11 Å². The molecule has 1 unspecified atom stereocenters. The van der Waals surface area contributed by atoms with Crippen LogP contribution in [0, 0.1) is 12.3 Å². The minimum Gasteiger partial charge on any atom is -0.670 e. The number of amides is 1. The summed E-state index contributed by atoms with van der Waals surface area (Å²) in [4.78, 5) is 15.8. The van der Waals surface area contributed by atoms with Crippen molar-refractivity contribution in [2.75, 3.05) is 7.11 Å². The van der Waals surface area contributed by atoms with Gasteiger partial charge in [0.25, 0.3) is 0 Å². The second-order valence-corrected chi connectivity index (χ2v) is 5.13. The summed E-state index contributed by atoms with van der Waals surface area (Å²) in [7, 11) is 1.58. The Morgan fingerprint density at radius 2 is 2.00 bits per heavy atom. The summed E-state index contributed by atoms with van der Waals surface area (Å²) in [5.41, 5.74) is 9.53. The smallest absolute Gasteiger partial charge is 0.213 e. The number of hydrogen-bond donors (Lipinski definition) is 0. The maximum Gasteiger partial charge on any atom is 0.213 e. The van der Waals surface area contributed by atoms with Gasteiger partial charge in [-0.2, -0.15) is 0 Å². The number of aromatic nitrogens is 1. The van der Waals surface area contributed by atoms with E-state index in [1.807, 2.05) is 24.3 Å². The predicted molar refractivity (Wildman–Crippen MR) is 72.8 cm³/mol. The van der Waals surface area contributed by atoms with Crippen molar-refractivity contribution in [2.24, 2.45) is 5.41 Å². The number of rotatable bonds is 2. The number of carbonyl (C=O) groups excluding carboxylic acids is 1. The van der Waals surface area contributed by atoms with Gasteiger partial charge in [-0.1, -0.05) is 0 Å². The fraction of sp³-hybridized carbons (Fsp3) is 0.267. The Hall–Kier alpha value is -0.996. The van der Waals surface area contributed by atoms with E-state index in [0.29, 0.717) is 18.7 Å². The molecule has 1 amide bonds. The first-order chi connectivity index (χ1) is 9.01. The molecule has 1 radical (unpaired) electrons. The molecule has 1 aliphatic carbocycles. The Morgan fingerprint density at radius 3 is 2.60 bits per heavy atom. The van der Waals surface area contributed by atoms with E-state index in [0.717, 1.165) is 22.0 Å². The number of pyridine rings is 1. The largest absolute Gasteiger partial charge is 0.670 e. The van der Waals surface area contributed by atoms with Gasteiger partial charge in [0.2, 0.25) is 5.88 Å². The molecule has 1 N–H and O–H groups in total. The van der Waals surface area contributed by atoms with Crippen LogP contribution in [0.1, 0.15) is 11.1 Å². The van der Waals surface area contributed by atoms with Gasteiger partial charge in [-0.25, -0.2) is 4.98 Å². The first-order valence-corrected chi connectivity index (χ1v) is 6.10. The molecule has 0 spiro atoms. The summed E-state index contributed by atoms with van der Waals surface area (Å²) in [5, 5.41) is 1.02. The number of ether oxygens (including phenoxy) is 1. The summed E-state index contributed by atoms with van der Waals surface area (Å²) < 4.78 is 5.11. The maximum atomic E-state index is 11.4. The second kappa shape index (κ2) is 5.42. The van der Waals surface area contributed by atoms with Crippen molar-refractivity contribution < 1.29 is 42.2 Å². The molecule has 20 heavy (non-hydrogen) atoms. The van der Waals surface area contributed by atoms with Crippen molar-refractivity contribution in [1.29, 1.82) is 0 Å². The number of nitrogens with zero attached hydrogens (tertiary/aromatic N) is 1. The first kappa shape index (κ1) is 15.4. The zero-order valence-electron chi connectivity index (χ0n) is 11.3. The molecule has 1 aromatic carbocycles. The third kappa shape index (κ3) is 2.47. The topological polar surface area (TPSA) is 63.0 Å². The van der Waals surface area contributed by atoms with Crippen molar-refractivity contribution in [3.05, 3.63) is 48.0 Å². The van der Waals surface area contributed by atoms with Crippen LogP contribution in [0.15, 0.2) is 24.3 Å². The van der Waals surface area contributed by atoms with E-state index >= 15 is 0 Å². The minimum atomic E-state index is -0.830. The van der Waals surface area contributed by atoms with E-state index in [4.69, 9.17) is 10.5 Å². The number of fused-ring (bicyclic) bond motifs is 2. The van der Waals surface area contributed by atoms with E-state index < -0.39 is 11.3 Å². The Morgan fingerprint density at radius 1 is 1.35 bits per heavy atom. The van der Waals surface area contributed by atoms with E-state index in [1.165, 1.54) is 0 Å². The maximum absolute atomic E-state index is 11.4. The van der Waals surface area contributed by atoms with E-state index in [9.17, 15) is 4.79 Å². The van der Waals surface area contributed by atoms with Crippen molar-refractivity contribution in [2.45, 2.75) is 12.8 Å². The van der Waals surface area contributed by atoms with E-state index in [2.05, 4.69) is 11.9 Å². The van der Waals surface area contributed by atoms with Gasteiger partial charge in [-0.3, -0.25) is 0 Å². The summed E-state index contributed by atoms with van der Waals surface area (Å²) in [5.74, 6) is -0.0267. The quantitative estimate of drug-likeness (QED) is 0.788. The average molecular weight is 343 g/mol. The second-order valence-electron chi connectivity index (χ2n) is 5.13. The van der Waals surface area contributed by atoms with Crippen molar-refractivity contribution in [1.82, 2.24) is 4.98 Å². The summed E-state index contributed by atoms with van der Waals surface area (Å²) in [6.07, 6.45) is 1.05. The van der Waals surface area contributed by atoms with Gasteiger partial charge < -0.3 is 22.2 Å². The van der Waals surface area contributed by atoms with Crippen LogP contribution < -0.4 is 4.74 Å². The average Bonchev–Trinajstić information content (AvgIpc) is 2.72. The van der Waals surface area contributed by atoms with Crippen LogP contribution in [0.25, 0.3) is 16.6 Å². The van der Waals surface area contributed by atoms with Crippen molar-refractivity contribution in [3.8, 4) is 5.88 Å². The predicted octanol–water partition coefficient (Wildman–Crippen LogP) is 2.74. The standard InChI is InChI=1S/C15H15N2O2.Y/c1-15(14(16)18)7-10-5-9-3-4-13(19-2)17-12(9)6-11(10)8-15;/h3-6H,1,7-8H2,2H3,(H2,16,18);/q-1;/p-1. The summed E-state index contributed by atoms with van der Waals surface area (Å²) >= 11 is 0. The monoisotopic (exact) mass is 343 g/mol. The Kier molecular flexibility index (Phi) is 4.17. The molecule has 4 nitrogen and oxygen atoms in total. The van der Waals surface area contributed by atoms with Crippen molar-refractivity contribution in [3.63, 3.8) is 0 Å². The molecular formula is C15H14N2O2Y-2. The first-order valence-electron chi connectivity index (χ1n) is 6.10. The molecule has 1 atom stereocenters. The number of nitrogens with one attached hydrogen (secondary N) is 1. The Bertz CT molecular complexity index is 687. The SMILES string of the molecule is [CH2-]C1(C([NH-])=O)Cc2cc3ccc(OC)nc3cc2C1.[Y]. The zero-order chi connectivity index (χ0) is 13.6. The molecule has 0 fully saturated rings. The fourth-order valence-electron chi connectivity index (χ4n) is 2.64. The third-order valence-electron chi connectivity index (χ3n) is 3.73. The number of benzene rings is 1. The molecule has 1 aliphatic rings. The minimum absolute atomic E-state index is 0. The van der Waals surface area contributed by atoms with Crippen molar-refractivity contribution >= 4 is 16.8 Å². The van der Waals surface area contributed by atoms with Gasteiger partial charge in [0.15, 0.2) is 0 Å². The summed E-state index contributed by atoms with van der Waals surface area (Å²) in [6.45, 7) is 3.93. The molecule has 1 heterocycles. The fourth-order valence-corrected chi connectivity index (χ4v) is 2.64. The molecule has 0 aliphatic heterocycles. The molecule has 0 saturated carbocycles. The number of methoxy groups -OCH3 is 1. The molecular weight excluding hydrogens is 329 g/mol. The van der Waals surface area contributed by atoms with Gasteiger partial charge in [0, 0.05) is 50.1 Å². The Labute approximate surface area is 143 Å². The Balaban J connectivity index is 0.00000147. The van der Waals surface area contributed by atoms with Gasteiger partial charge in [-0.15, -0.1) is 5.41 Å². The molecule has 5 heteroatoms. The van der Waals surface area contributed by atoms with Crippen LogP contribution in [0.3, 0.4) is 0 Å². The van der Waals surface area contributed by atoms with Gasteiger partial charge in [0.05, 0.1) is 12.6 Å². The van der Waals surface area contributed by atoms with E-state index in [-0.39, 0.29) is 32.7 Å². The molecule has 3 rings (SSSR count). The summed E-state index contributed by atoms with van der Waals surface area (Å²) in [6, 6.07) is 7.78. The molecule has 1 aromatic heterocycles. The normalized spacial score (nSPS) is 20.3. The number of carbonyl (C=O) groups is 1. The zero-order valence-corrected chi connectivity index (χ0v) is 14.1. The molecule has 101 valence electrons. The third-order valence-corrected chi connectivity index (χ3v) is 3.73. The molecule has 0 saturated heterocycles. The van der Waals surface area contributed by atoms with Gasteiger partial charge in [0.1, 0.15) is 0 Å². The van der Waals surface area contributed by atoms with Crippen LogP contribution in [-0.4, -0.2) is 18.0 Å². The molecule has 2 aromatic rings. The number of hydrogen-bond acceptors (Lipinski definition) is 3. The van der Waals surface area contributed by atoms with Crippen LogP contribution in [0.4, 0.5) is 0 Å². The van der Waals surface area contributed by atoms with Crippen LogP contribution in [0.5, 0.6) is 5.88 Å². The van der Waals surface area contributed by atoms with Gasteiger partial charge in [-0.05, 0) is 42.2 Å². The van der Waals surface area contributed by atoms with Crippen LogP contribution >= 0.6 is 0 Å². The van der Waals surface area contributed by atoms with Crippen LogP contribution in [0.2, 0.25) is 0 Å².